The van der Waals surface area contributed by atoms with E-state index in [-0.39, 0.29) is 24.5 Å². The summed E-state index contributed by atoms with van der Waals surface area (Å²) in [5, 5.41) is 11.5. The first-order valence-electron chi connectivity index (χ1n) is 6.50. The highest BCUT2D eigenvalue weighted by Crippen LogP contribution is 2.27. The summed E-state index contributed by atoms with van der Waals surface area (Å²) in [6.07, 6.45) is 5.18. The molecule has 1 aliphatic rings. The van der Waals surface area contributed by atoms with Crippen LogP contribution in [0.25, 0.3) is 0 Å². The highest BCUT2D eigenvalue weighted by Gasteiger charge is 2.23. The highest BCUT2D eigenvalue weighted by atomic mass is 16.4. The van der Waals surface area contributed by atoms with Crippen LogP contribution >= 0.6 is 0 Å². The third-order valence-corrected chi connectivity index (χ3v) is 3.37. The molecular formula is C13H21NO4. The zero-order chi connectivity index (χ0) is 13.5. The zero-order valence-corrected chi connectivity index (χ0v) is 10.8. The van der Waals surface area contributed by atoms with Gasteiger partial charge in [-0.3, -0.25) is 4.79 Å². The van der Waals surface area contributed by atoms with Crippen molar-refractivity contribution in [3.8, 4) is 0 Å². The predicted octanol–water partition coefficient (Wildman–Crippen LogP) is 1.51. The van der Waals surface area contributed by atoms with Gasteiger partial charge in [0.15, 0.2) is 0 Å². The van der Waals surface area contributed by atoms with Gasteiger partial charge in [-0.15, -0.1) is 0 Å². The van der Waals surface area contributed by atoms with Crippen LogP contribution in [0.2, 0.25) is 0 Å². The van der Waals surface area contributed by atoms with E-state index < -0.39 is 12.0 Å². The summed E-state index contributed by atoms with van der Waals surface area (Å²) in [6.45, 7) is 1.42. The van der Waals surface area contributed by atoms with Gasteiger partial charge in [-0.05, 0) is 32.1 Å². The molecular weight excluding hydrogens is 234 g/mol. The first-order chi connectivity index (χ1) is 8.49. The van der Waals surface area contributed by atoms with Crippen LogP contribution < -0.4 is 5.32 Å². The predicted molar refractivity (Wildman–Crippen MR) is 66.1 cm³/mol. The Labute approximate surface area is 107 Å². The number of carbonyl (C=O) groups excluding carboxylic acids is 2. The molecule has 102 valence electrons. The van der Waals surface area contributed by atoms with Crippen molar-refractivity contribution in [1.82, 2.24) is 5.32 Å². The summed E-state index contributed by atoms with van der Waals surface area (Å²) in [7, 11) is 0. The first-order valence-corrected chi connectivity index (χ1v) is 6.50. The zero-order valence-electron chi connectivity index (χ0n) is 10.8. The second kappa shape index (κ2) is 7.13. The normalized spacial score (nSPS) is 17.4. The molecule has 5 heteroatoms. The Balaban J connectivity index is 2.36. The summed E-state index contributed by atoms with van der Waals surface area (Å²) < 4.78 is 0. The van der Waals surface area contributed by atoms with Gasteiger partial charge in [-0.2, -0.15) is 0 Å². The summed E-state index contributed by atoms with van der Waals surface area (Å²) in [6, 6.07) is -0.942. The van der Waals surface area contributed by atoms with Crippen LogP contribution in [0.3, 0.4) is 0 Å². The summed E-state index contributed by atoms with van der Waals surface area (Å²) in [5.41, 5.74) is 0. The standard InChI is InChI=1S/C13H21NO4/c1-9(15)6-7-11(13(17)18)14-12(16)8-10-4-2-3-5-10/h10-11H,2-8H2,1H3,(H,14,16)(H,17,18)/t11-/m0/s1. The number of hydrogen-bond acceptors (Lipinski definition) is 3. The summed E-state index contributed by atoms with van der Waals surface area (Å²) >= 11 is 0. The molecule has 1 amide bonds. The fourth-order valence-corrected chi connectivity index (χ4v) is 2.33. The van der Waals surface area contributed by atoms with E-state index in [0.717, 1.165) is 25.7 Å². The molecule has 5 nitrogen and oxygen atoms in total. The molecule has 0 saturated heterocycles. The maximum absolute atomic E-state index is 11.7. The number of carboxylic acids is 1. The van der Waals surface area contributed by atoms with Crippen molar-refractivity contribution in [3.63, 3.8) is 0 Å². The number of nitrogens with one attached hydrogen (secondary N) is 1. The maximum atomic E-state index is 11.7. The number of hydrogen-bond donors (Lipinski definition) is 2. The molecule has 0 unspecified atom stereocenters. The molecule has 1 aliphatic carbocycles. The lowest BCUT2D eigenvalue weighted by Crippen LogP contribution is -2.41. The van der Waals surface area contributed by atoms with Crippen molar-refractivity contribution >= 4 is 17.7 Å². The van der Waals surface area contributed by atoms with E-state index in [9.17, 15) is 14.4 Å². The van der Waals surface area contributed by atoms with E-state index in [4.69, 9.17) is 5.11 Å². The third kappa shape index (κ3) is 5.29. The lowest BCUT2D eigenvalue weighted by molar-refractivity contribution is -0.142. The molecule has 0 spiro atoms. The molecule has 1 fully saturated rings. The Hall–Kier alpha value is -1.39. The SMILES string of the molecule is CC(=O)CC[C@H](NC(=O)CC1CCCC1)C(=O)O. The molecule has 0 aromatic heterocycles. The van der Waals surface area contributed by atoms with E-state index >= 15 is 0 Å². The van der Waals surface area contributed by atoms with Gasteiger partial charge in [0.05, 0.1) is 0 Å². The van der Waals surface area contributed by atoms with E-state index in [1.807, 2.05) is 0 Å². The molecule has 2 N–H and O–H groups in total. The van der Waals surface area contributed by atoms with Gasteiger partial charge < -0.3 is 15.2 Å². The number of ketones is 1. The van der Waals surface area contributed by atoms with Gasteiger partial charge in [0.1, 0.15) is 11.8 Å². The maximum Gasteiger partial charge on any atom is 0.326 e. The third-order valence-electron chi connectivity index (χ3n) is 3.37. The molecule has 0 bridgehead atoms. The van der Waals surface area contributed by atoms with Gasteiger partial charge in [0.2, 0.25) is 5.91 Å². The lowest BCUT2D eigenvalue weighted by atomic mass is 10.0. The Kier molecular flexibility index (Phi) is 5.82. The average Bonchev–Trinajstić information content (AvgIpc) is 2.76. The number of amides is 1. The van der Waals surface area contributed by atoms with E-state index in [1.54, 1.807) is 0 Å². The molecule has 1 saturated carbocycles. The fraction of sp³-hybridized carbons (Fsp3) is 0.769. The Morgan fingerprint density at radius 2 is 1.89 bits per heavy atom. The number of rotatable bonds is 7. The highest BCUT2D eigenvalue weighted by molar-refractivity contribution is 5.84. The minimum absolute atomic E-state index is 0.0636. The molecule has 0 aromatic rings. The van der Waals surface area contributed by atoms with Crippen LogP contribution in [0.15, 0.2) is 0 Å². The number of carbonyl (C=O) groups is 3. The van der Waals surface area contributed by atoms with E-state index in [0.29, 0.717) is 12.3 Å². The second-order valence-electron chi connectivity index (χ2n) is 5.05. The second-order valence-corrected chi connectivity index (χ2v) is 5.05. The van der Waals surface area contributed by atoms with E-state index in [1.165, 1.54) is 6.92 Å². The Morgan fingerprint density at radius 1 is 1.28 bits per heavy atom. The first kappa shape index (κ1) is 14.7. The van der Waals surface area contributed by atoms with Gasteiger partial charge in [-0.25, -0.2) is 4.79 Å². The van der Waals surface area contributed by atoms with Gasteiger partial charge in [0, 0.05) is 12.8 Å². The number of aliphatic carboxylic acids is 1. The van der Waals surface area contributed by atoms with Crippen molar-refractivity contribution in [2.24, 2.45) is 5.92 Å². The summed E-state index contributed by atoms with van der Waals surface area (Å²) in [4.78, 5) is 33.5. The summed E-state index contributed by atoms with van der Waals surface area (Å²) in [5.74, 6) is -0.951. The van der Waals surface area contributed by atoms with Crippen molar-refractivity contribution in [1.29, 1.82) is 0 Å². The lowest BCUT2D eigenvalue weighted by Gasteiger charge is -2.15. The topological polar surface area (TPSA) is 83.5 Å². The monoisotopic (exact) mass is 255 g/mol. The van der Waals surface area contributed by atoms with Crippen molar-refractivity contribution in [2.45, 2.75) is 57.9 Å². The quantitative estimate of drug-likeness (QED) is 0.722. The molecule has 0 aliphatic heterocycles. The number of Topliss-reactive ketones (excluding diaryl/α,β-unsaturated/α-hetero) is 1. The molecule has 18 heavy (non-hydrogen) atoms. The fourth-order valence-electron chi connectivity index (χ4n) is 2.33. The van der Waals surface area contributed by atoms with Gasteiger partial charge >= 0.3 is 5.97 Å². The molecule has 0 radical (unpaired) electrons. The van der Waals surface area contributed by atoms with Gasteiger partial charge in [0.25, 0.3) is 0 Å². The molecule has 1 rings (SSSR count). The van der Waals surface area contributed by atoms with Gasteiger partial charge in [-0.1, -0.05) is 12.8 Å². The molecule has 0 aromatic carbocycles. The van der Waals surface area contributed by atoms with Crippen LogP contribution in [0.1, 0.15) is 51.9 Å². The largest absolute Gasteiger partial charge is 0.480 e. The van der Waals surface area contributed by atoms with Crippen LogP contribution in [-0.2, 0) is 14.4 Å². The van der Waals surface area contributed by atoms with Crippen molar-refractivity contribution < 1.29 is 19.5 Å². The number of carboxylic acid groups (broad SMARTS) is 1. The van der Waals surface area contributed by atoms with E-state index in [2.05, 4.69) is 5.32 Å². The van der Waals surface area contributed by atoms with Crippen LogP contribution in [0.5, 0.6) is 0 Å². The average molecular weight is 255 g/mol. The Bertz CT molecular complexity index is 321. The smallest absolute Gasteiger partial charge is 0.326 e. The Morgan fingerprint density at radius 3 is 2.39 bits per heavy atom. The minimum Gasteiger partial charge on any atom is -0.480 e. The van der Waals surface area contributed by atoms with Crippen molar-refractivity contribution in [3.05, 3.63) is 0 Å². The molecule has 1 atom stereocenters. The van der Waals surface area contributed by atoms with Crippen molar-refractivity contribution in [2.75, 3.05) is 0 Å². The van der Waals surface area contributed by atoms with Crippen LogP contribution in [-0.4, -0.2) is 28.8 Å². The van der Waals surface area contributed by atoms with Crippen LogP contribution in [0.4, 0.5) is 0 Å². The van der Waals surface area contributed by atoms with Crippen LogP contribution in [0, 0.1) is 5.92 Å². The minimum atomic E-state index is -1.07. The molecule has 0 heterocycles.